The van der Waals surface area contributed by atoms with Crippen LogP contribution in [0.3, 0.4) is 0 Å². The van der Waals surface area contributed by atoms with Crippen LogP contribution < -0.4 is 10.3 Å². The van der Waals surface area contributed by atoms with E-state index in [0.717, 1.165) is 0 Å². The quantitative estimate of drug-likeness (QED) is 0.396. The molecule has 0 atom stereocenters. The molecule has 3 N–H and O–H groups in total. The zero-order valence-corrected chi connectivity index (χ0v) is 3.12. The molecule has 5 heavy (non-hydrogen) atoms. The second kappa shape index (κ2) is 0.925. The maximum Gasteiger partial charge on any atom is 0.288 e. The van der Waals surface area contributed by atoms with Gasteiger partial charge in [-0.2, -0.15) is 8.42 Å². The normalized spacial score (nSPS) is 11.6. The van der Waals surface area contributed by atoms with Gasteiger partial charge in [-0.15, -0.1) is 5.14 Å². The molecule has 0 bridgehead atoms. The van der Waals surface area contributed by atoms with Crippen LogP contribution in [-0.4, -0.2) is 8.42 Å². The number of hydrogen-bond acceptors (Lipinski definition) is 2. The van der Waals surface area contributed by atoms with E-state index in [1.807, 2.05) is 0 Å². The molecule has 0 fully saturated rings. The average Bonchev–Trinajstić information content (AvgIpc) is 0.722. The smallest absolute Gasteiger partial charge is 0.215 e. The molecular weight excluding hydrogens is 92.1 g/mol. The number of nitrogens with two attached hydrogens (primary N) is 1. The van der Waals surface area contributed by atoms with Crippen LogP contribution in [0.25, 0.3) is 0 Å². The Balaban J connectivity index is 4.06. The summed E-state index contributed by atoms with van der Waals surface area (Å²) in [7, 11) is -3.92. The van der Waals surface area contributed by atoms with Crippen LogP contribution in [-0.2, 0) is 10.2 Å². The molecule has 0 rings (SSSR count). The summed E-state index contributed by atoms with van der Waals surface area (Å²) in [5, 5.41) is 9.68. The van der Waals surface area contributed by atoms with Crippen LogP contribution >= 0.6 is 0 Å². The van der Waals surface area contributed by atoms with E-state index in [-0.39, 0.29) is 0 Å². The van der Waals surface area contributed by atoms with Gasteiger partial charge in [0, 0.05) is 0 Å². The molecule has 1 radical (unpaired) electrons. The van der Waals surface area contributed by atoms with Crippen LogP contribution in [0.4, 0.5) is 0 Å². The Morgan fingerprint density at radius 2 is 1.60 bits per heavy atom. The lowest BCUT2D eigenvalue weighted by Crippen LogP contribution is -2.10. The van der Waals surface area contributed by atoms with Gasteiger partial charge < -0.3 is 0 Å². The lowest BCUT2D eigenvalue weighted by molar-refractivity contribution is 0.598. The van der Waals surface area contributed by atoms with Crippen molar-refractivity contribution in [2.24, 2.45) is 5.14 Å². The summed E-state index contributed by atoms with van der Waals surface area (Å²) in [6, 6.07) is 0. The van der Waals surface area contributed by atoms with E-state index in [1.54, 1.807) is 0 Å². The Morgan fingerprint density at radius 1 is 1.60 bits per heavy atom. The van der Waals surface area contributed by atoms with E-state index in [2.05, 4.69) is 5.14 Å². The lowest BCUT2D eigenvalue weighted by atomic mass is 13.9. The van der Waals surface area contributed by atoms with Crippen molar-refractivity contribution in [3.63, 3.8) is 0 Å². The Hall–Kier alpha value is -0.130. The van der Waals surface area contributed by atoms with Crippen molar-refractivity contribution in [3.05, 3.63) is 0 Å². The predicted molar refractivity (Wildman–Crippen MR) is 16.2 cm³/mol. The fourth-order valence-corrected chi connectivity index (χ4v) is 0. The molecule has 31 valence electrons. The Kier molecular flexibility index (Phi) is 0.901. The topological polar surface area (TPSA) is 84.0 Å². The summed E-state index contributed by atoms with van der Waals surface area (Å²) in [6.07, 6.45) is 0. The molecule has 0 aromatic carbocycles. The first-order chi connectivity index (χ1) is 2.00. The van der Waals surface area contributed by atoms with Crippen molar-refractivity contribution in [3.8, 4) is 0 Å². The summed E-state index contributed by atoms with van der Waals surface area (Å²) in [5.41, 5.74) is 0. The molecule has 0 aromatic heterocycles. The highest BCUT2D eigenvalue weighted by molar-refractivity contribution is 7.86. The minimum absolute atomic E-state index is 3.92. The number of hydrogen-bond donors (Lipinski definition) is 1. The molecule has 0 heterocycles. The van der Waals surface area contributed by atoms with Gasteiger partial charge in [0.15, 0.2) is 0 Å². The van der Waals surface area contributed by atoms with Gasteiger partial charge in [-0.25, -0.2) is 5.14 Å². The van der Waals surface area contributed by atoms with Crippen LogP contribution in [0.5, 0.6) is 0 Å². The molecule has 0 aliphatic carbocycles. The van der Waals surface area contributed by atoms with Gasteiger partial charge >= 0.3 is 0 Å². The summed E-state index contributed by atoms with van der Waals surface area (Å²) >= 11 is 0. The van der Waals surface area contributed by atoms with E-state index in [4.69, 9.17) is 13.6 Å². The van der Waals surface area contributed by atoms with Crippen molar-refractivity contribution in [1.29, 1.82) is 0 Å². The first kappa shape index (κ1) is 4.87. The zero-order chi connectivity index (χ0) is 4.50. The van der Waals surface area contributed by atoms with Gasteiger partial charge in [-0.05, 0) is 0 Å². The number of rotatable bonds is 0. The highest BCUT2D eigenvalue weighted by Crippen LogP contribution is 1.47. The molecule has 4 nitrogen and oxygen atoms in total. The summed E-state index contributed by atoms with van der Waals surface area (Å²) in [5.74, 6) is 0. The standard InChI is InChI=1S/H3N2O2S/c1-5(2,3)4/h1H,(H2,2,3,4). The van der Waals surface area contributed by atoms with Gasteiger partial charge in [0.2, 0.25) is 0 Å². The summed E-state index contributed by atoms with van der Waals surface area (Å²) in [6.45, 7) is 0. The zero-order valence-electron chi connectivity index (χ0n) is 2.30. The molecule has 0 aliphatic rings. The van der Waals surface area contributed by atoms with E-state index >= 15 is 0 Å². The second-order valence-corrected chi connectivity index (χ2v) is 1.64. The molecular formula is H3N2O2S. The molecule has 0 aliphatic heterocycles. The van der Waals surface area contributed by atoms with Crippen molar-refractivity contribution < 1.29 is 8.42 Å². The van der Waals surface area contributed by atoms with E-state index in [9.17, 15) is 0 Å². The van der Waals surface area contributed by atoms with Crippen molar-refractivity contribution in [2.45, 2.75) is 0 Å². The van der Waals surface area contributed by atoms with Crippen LogP contribution in [0.1, 0.15) is 0 Å². The highest BCUT2D eigenvalue weighted by Gasteiger charge is 1.80. The average molecular weight is 95.1 g/mol. The highest BCUT2D eigenvalue weighted by atomic mass is 32.2. The van der Waals surface area contributed by atoms with Crippen LogP contribution in [0.15, 0.2) is 0 Å². The van der Waals surface area contributed by atoms with Gasteiger partial charge in [-0.3, -0.25) is 0 Å². The van der Waals surface area contributed by atoms with Crippen LogP contribution in [0, 0.1) is 0 Å². The third kappa shape index (κ3) is 801. The van der Waals surface area contributed by atoms with E-state index in [0.29, 0.717) is 0 Å². The number of nitrogens with one attached hydrogen (secondary N) is 1. The molecule has 0 aromatic rings. The minimum Gasteiger partial charge on any atom is -0.215 e. The van der Waals surface area contributed by atoms with Crippen molar-refractivity contribution >= 4 is 10.2 Å². The predicted octanol–water partition coefficient (Wildman–Crippen LogP) is -1.53. The SMILES string of the molecule is [NH]S(N)(=O)=O. The third-order valence-corrected chi connectivity index (χ3v) is 0. The summed E-state index contributed by atoms with van der Waals surface area (Å²) < 4.78 is 18.2. The molecule has 0 spiro atoms. The fraction of sp³-hybridized carbons (Fsp3) is 0. The Morgan fingerprint density at radius 3 is 1.60 bits per heavy atom. The molecule has 0 saturated carbocycles. The largest absolute Gasteiger partial charge is 0.288 e. The maximum atomic E-state index is 9.08. The lowest BCUT2D eigenvalue weighted by Gasteiger charge is -1.69. The maximum absolute atomic E-state index is 9.08. The fourth-order valence-electron chi connectivity index (χ4n) is 0. The molecule has 0 unspecified atom stereocenters. The van der Waals surface area contributed by atoms with E-state index < -0.39 is 10.2 Å². The van der Waals surface area contributed by atoms with Crippen molar-refractivity contribution in [2.75, 3.05) is 0 Å². The monoisotopic (exact) mass is 95.0 g/mol. The Labute approximate surface area is 30.0 Å². The third-order valence-electron chi connectivity index (χ3n) is 0. The van der Waals surface area contributed by atoms with Gasteiger partial charge in [-0.1, -0.05) is 0 Å². The molecule has 0 amide bonds. The Bertz CT molecular complexity index is 90.8. The first-order valence-corrected chi connectivity index (χ1v) is 2.32. The van der Waals surface area contributed by atoms with E-state index in [1.165, 1.54) is 0 Å². The van der Waals surface area contributed by atoms with Crippen LogP contribution in [0.2, 0.25) is 0 Å². The summed E-state index contributed by atoms with van der Waals surface area (Å²) in [4.78, 5) is 0. The molecule has 5 heteroatoms. The second-order valence-electron chi connectivity index (χ2n) is 0.545. The van der Waals surface area contributed by atoms with Gasteiger partial charge in [0.25, 0.3) is 10.2 Å². The first-order valence-electron chi connectivity index (χ1n) is 0.773. The minimum atomic E-state index is -3.92. The van der Waals surface area contributed by atoms with Crippen molar-refractivity contribution in [1.82, 2.24) is 5.14 Å². The molecule has 0 saturated heterocycles. The van der Waals surface area contributed by atoms with Gasteiger partial charge in [0.05, 0.1) is 0 Å². The van der Waals surface area contributed by atoms with Gasteiger partial charge in [0.1, 0.15) is 0 Å².